The maximum atomic E-state index is 14.7. The Bertz CT molecular complexity index is 2900. The highest BCUT2D eigenvalue weighted by atomic mass is 16.8. The Morgan fingerprint density at radius 2 is 1.03 bits per heavy atom. The van der Waals surface area contributed by atoms with Crippen molar-refractivity contribution in [3.63, 3.8) is 0 Å². The van der Waals surface area contributed by atoms with Gasteiger partial charge in [0.1, 0.15) is 146 Å². The van der Waals surface area contributed by atoms with E-state index in [9.17, 15) is 107 Å². The number of fused-ring (bicyclic) bond motifs is 7. The zero-order valence-corrected chi connectivity index (χ0v) is 58.7. The van der Waals surface area contributed by atoms with Gasteiger partial charge < -0.3 is 168 Å². The van der Waals surface area contributed by atoms with Gasteiger partial charge in [-0.25, -0.2) is 0 Å². The highest BCUT2D eigenvalue weighted by molar-refractivity contribution is 5.73. The summed E-state index contributed by atoms with van der Waals surface area (Å²) in [6.07, 6.45) is -47.7. The summed E-state index contributed by atoms with van der Waals surface area (Å²) in [5.74, 6) is -1.17. The van der Waals surface area contributed by atoms with Crippen molar-refractivity contribution < 1.29 is 173 Å². The maximum Gasteiger partial charge on any atom is 0.311 e. The number of rotatable bonds is 17. The second-order valence-electron chi connectivity index (χ2n) is 33.0. The standard InChI is InChI=1S/C68H110O35/c1-64(2)16-25-24(26(17-64)55(88)102-61-48(84)43(79)40(76)32(97-61)22-92-57-47(83)42(78)39(75)30(18-69)94-57)10-14-67(6)27(25)8-9-35-66(5)13-12-36(65(3,4)34(66)11-15-68(35,67)7)98-63-54(38(74)29(72)21-91-63)101-62-51(87)53(50(86)56(89)103-62)100-59-46(82)41(77)33(23-93-59)96-60-49(85)44(80)52(31(19-70)95-60)99-58-45(81)37(73)28(71)20-90-58/h8,24-26,28-54,56-63,69-87,89H,9-23H2,1-7H3/t24-,25+,26-,28-,29-,30-,31-,32-,33-,34+,35-,36+,37+,38+,39-,40-,41-,42+,43+,44+,45-,46-,47-,48-,49-,50-,51-,52-,53-,54-,56-,57-,58+,59+,60+,61+,62-,63+,66+,67-,68-/m1/s1. The molecule has 7 aliphatic heterocycles. The van der Waals surface area contributed by atoms with Crippen LogP contribution in [0.15, 0.2) is 11.6 Å². The summed E-state index contributed by atoms with van der Waals surface area (Å²) in [7, 11) is 0. The molecule has 35 nitrogen and oxygen atoms in total. The Kier molecular flexibility index (Phi) is 24.1. The van der Waals surface area contributed by atoms with Crippen molar-refractivity contribution in [1.29, 1.82) is 0 Å². The molecule has 12 rings (SSSR count). The molecule has 41 atom stereocenters. The van der Waals surface area contributed by atoms with Crippen LogP contribution in [0.4, 0.5) is 0 Å². The van der Waals surface area contributed by atoms with E-state index in [1.54, 1.807) is 0 Å². The van der Waals surface area contributed by atoms with Crippen molar-refractivity contribution in [1.82, 2.24) is 0 Å². The highest BCUT2D eigenvalue weighted by Crippen LogP contribution is 2.75. The number of ether oxygens (including phenoxy) is 14. The van der Waals surface area contributed by atoms with Gasteiger partial charge in [-0.05, 0) is 109 Å². The van der Waals surface area contributed by atoms with E-state index in [0.717, 1.165) is 38.5 Å². The lowest BCUT2D eigenvalue weighted by atomic mass is 9.34. The Balaban J connectivity index is 0.675. The van der Waals surface area contributed by atoms with Gasteiger partial charge in [0.25, 0.3) is 0 Å². The predicted octanol–water partition coefficient (Wildman–Crippen LogP) is -6.83. The average molecular weight is 1490 g/mol. The molecule has 12 aliphatic rings. The first-order valence-corrected chi connectivity index (χ1v) is 36.1. The normalized spacial score (nSPS) is 54.3. The summed E-state index contributed by atoms with van der Waals surface area (Å²) in [4.78, 5) is 14.7. The van der Waals surface area contributed by atoms with E-state index in [0.29, 0.717) is 19.3 Å². The largest absolute Gasteiger partial charge is 0.432 e. The molecule has 0 radical (unpaired) electrons. The molecule has 0 unspecified atom stereocenters. The maximum absolute atomic E-state index is 14.7. The minimum Gasteiger partial charge on any atom is -0.432 e. The summed E-state index contributed by atoms with van der Waals surface area (Å²) in [6.45, 7) is 12.0. The van der Waals surface area contributed by atoms with Crippen molar-refractivity contribution in [3.05, 3.63) is 11.6 Å². The van der Waals surface area contributed by atoms with Crippen LogP contribution in [-0.4, -0.2) is 351 Å². The van der Waals surface area contributed by atoms with E-state index in [4.69, 9.17) is 66.3 Å². The predicted molar refractivity (Wildman–Crippen MR) is 338 cm³/mol. The van der Waals surface area contributed by atoms with Crippen LogP contribution in [0.25, 0.3) is 0 Å². The Labute approximate surface area is 594 Å². The fourth-order valence-electron chi connectivity index (χ4n) is 20.0. The highest BCUT2D eigenvalue weighted by Gasteiger charge is 2.69. The van der Waals surface area contributed by atoms with E-state index in [2.05, 4.69) is 54.5 Å². The van der Waals surface area contributed by atoms with Crippen LogP contribution in [0.5, 0.6) is 0 Å². The molecule has 0 amide bonds. The van der Waals surface area contributed by atoms with Gasteiger partial charge in [0.2, 0.25) is 6.29 Å². The minimum absolute atomic E-state index is 0.0145. The smallest absolute Gasteiger partial charge is 0.311 e. The van der Waals surface area contributed by atoms with E-state index >= 15 is 0 Å². The van der Waals surface area contributed by atoms with Crippen molar-refractivity contribution in [2.45, 2.75) is 309 Å². The molecule has 0 aromatic rings. The number of aliphatic hydroxyl groups excluding tert-OH is 20. The molecule has 11 fully saturated rings. The molecule has 0 aromatic heterocycles. The minimum atomic E-state index is -2.15. The lowest BCUT2D eigenvalue weighted by Gasteiger charge is -2.71. The number of carbonyl (C=O) groups is 1. The second-order valence-corrected chi connectivity index (χ2v) is 33.0. The Hall–Kier alpha value is -2.11. The van der Waals surface area contributed by atoms with Gasteiger partial charge in [-0.3, -0.25) is 4.79 Å². The van der Waals surface area contributed by atoms with Crippen LogP contribution < -0.4 is 0 Å². The van der Waals surface area contributed by atoms with Crippen LogP contribution in [0.3, 0.4) is 0 Å². The summed E-state index contributed by atoms with van der Waals surface area (Å²) in [6, 6.07) is 0. The summed E-state index contributed by atoms with van der Waals surface area (Å²) < 4.78 is 81.3. The molecular weight excluding hydrogens is 1380 g/mol. The van der Waals surface area contributed by atoms with Gasteiger partial charge in [-0.1, -0.05) is 60.1 Å². The van der Waals surface area contributed by atoms with E-state index < -0.39 is 253 Å². The first kappa shape index (κ1) is 80.4. The van der Waals surface area contributed by atoms with Crippen LogP contribution in [0.1, 0.15) is 106 Å². The number of hydrogen-bond donors (Lipinski definition) is 20. The molecule has 592 valence electrons. The fourth-order valence-corrected chi connectivity index (χ4v) is 20.0. The third-order valence-corrected chi connectivity index (χ3v) is 26.0. The van der Waals surface area contributed by atoms with Gasteiger partial charge in [0.05, 0.1) is 51.7 Å². The van der Waals surface area contributed by atoms with E-state index in [-0.39, 0.29) is 51.9 Å². The first-order chi connectivity index (χ1) is 48.4. The third-order valence-electron chi connectivity index (χ3n) is 26.0. The topological polar surface area (TPSA) is 551 Å². The molecule has 0 spiro atoms. The average Bonchev–Trinajstić information content (AvgIpc) is 0.679. The fraction of sp³-hybridized carbons (Fsp3) is 0.956. The number of esters is 1. The SMILES string of the molecule is CC1(C)C[C@@H]2C3=CC[C@@H]4[C@@]5(C)CC[C@H](O[C@@H]6OC[C@@H](O)[C@H](O)[C@H]6O[C@@H]6O[C@@H](O)[C@H](O)[C@@H](O[C@@H]7OC[C@@H](O[C@@H]8O[C@H](CO)[C@@H](O[C@@H]9OC[C@@H](O)[C@H](O)[C@H]9O)[C@@H](O)[C@H]8O)[C@@H](O)[C@H]7O)[C@H]6O)C(C)(C)[C@@H]5CC[C@@]4(C)[C@]3(C)CC[C@H]2[C@H](C(=O)O[C@@H]2O[C@H](CO[C@@H]3O[C@H](CO)[C@@H](O)[C@H](O)[C@H]3O)[C@@H](O)[C@H](O)[C@H]2O)C1. The number of carbonyl (C=O) groups excluding carboxylic acids is 1. The monoisotopic (exact) mass is 1490 g/mol. The van der Waals surface area contributed by atoms with Gasteiger partial charge in [-0.15, -0.1) is 0 Å². The molecule has 7 heterocycles. The molecule has 0 aromatic carbocycles. The summed E-state index contributed by atoms with van der Waals surface area (Å²) in [5.41, 5.74) is -0.349. The van der Waals surface area contributed by atoms with Crippen LogP contribution >= 0.6 is 0 Å². The van der Waals surface area contributed by atoms with Gasteiger partial charge in [0, 0.05) is 0 Å². The Morgan fingerprint density at radius 1 is 0.466 bits per heavy atom. The van der Waals surface area contributed by atoms with Crippen molar-refractivity contribution in [2.24, 2.45) is 56.7 Å². The molecule has 4 saturated carbocycles. The summed E-state index contributed by atoms with van der Waals surface area (Å²) >= 11 is 0. The van der Waals surface area contributed by atoms with Gasteiger partial charge in [0.15, 0.2) is 44.0 Å². The van der Waals surface area contributed by atoms with Crippen molar-refractivity contribution in [3.8, 4) is 0 Å². The van der Waals surface area contributed by atoms with Crippen LogP contribution in [0, 0.1) is 56.7 Å². The van der Waals surface area contributed by atoms with E-state index in [1.807, 2.05) is 0 Å². The second kappa shape index (κ2) is 30.9. The van der Waals surface area contributed by atoms with Gasteiger partial charge >= 0.3 is 5.97 Å². The lowest BCUT2D eigenvalue weighted by molar-refractivity contribution is -0.401. The molecular formula is C68H110O35. The first-order valence-electron chi connectivity index (χ1n) is 36.1. The van der Waals surface area contributed by atoms with E-state index in [1.165, 1.54) is 5.57 Å². The van der Waals surface area contributed by atoms with Crippen molar-refractivity contribution >= 4 is 5.97 Å². The van der Waals surface area contributed by atoms with Gasteiger partial charge in [-0.2, -0.15) is 0 Å². The number of allylic oxidation sites excluding steroid dienone is 2. The molecule has 35 heteroatoms. The molecule has 0 bridgehead atoms. The number of aliphatic hydroxyl groups is 20. The quantitative estimate of drug-likeness (QED) is 0.0366. The molecule has 5 aliphatic carbocycles. The summed E-state index contributed by atoms with van der Waals surface area (Å²) in [5, 5.41) is 216. The third kappa shape index (κ3) is 14.6. The zero-order chi connectivity index (χ0) is 74.8. The van der Waals surface area contributed by atoms with Crippen molar-refractivity contribution in [2.75, 3.05) is 39.6 Å². The van der Waals surface area contributed by atoms with Crippen LogP contribution in [-0.2, 0) is 71.1 Å². The van der Waals surface area contributed by atoms with Crippen LogP contribution in [0.2, 0.25) is 0 Å². The molecule has 7 saturated heterocycles. The number of hydrogen-bond acceptors (Lipinski definition) is 35. The lowest BCUT2D eigenvalue weighted by Crippen LogP contribution is -2.66. The molecule has 20 N–H and O–H groups in total. The Morgan fingerprint density at radius 3 is 1.71 bits per heavy atom. The zero-order valence-electron chi connectivity index (χ0n) is 58.7. The molecule has 103 heavy (non-hydrogen) atoms.